The van der Waals surface area contributed by atoms with Gasteiger partial charge in [0.05, 0.1) is 21.4 Å². The Balaban J connectivity index is 2.29. The molecule has 0 amide bonds. The minimum absolute atomic E-state index is 0.157. The Kier molecular flexibility index (Phi) is 4.33. The van der Waals surface area contributed by atoms with Gasteiger partial charge in [-0.25, -0.2) is 0 Å². The summed E-state index contributed by atoms with van der Waals surface area (Å²) in [6.45, 7) is 1.92. The van der Waals surface area contributed by atoms with Crippen LogP contribution in [0.15, 0.2) is 11.4 Å². The topological polar surface area (TPSA) is 29.9 Å². The van der Waals surface area contributed by atoms with E-state index in [1.807, 2.05) is 37.1 Å². The Morgan fingerprint density at radius 2 is 2.22 bits per heavy atom. The van der Waals surface area contributed by atoms with Crippen LogP contribution >= 0.6 is 34.5 Å². The van der Waals surface area contributed by atoms with Crippen LogP contribution in [0.4, 0.5) is 0 Å². The van der Waals surface area contributed by atoms with E-state index in [-0.39, 0.29) is 6.04 Å². The van der Waals surface area contributed by atoms with Crippen LogP contribution in [0, 0.1) is 6.92 Å². The van der Waals surface area contributed by atoms with Crippen molar-refractivity contribution in [2.45, 2.75) is 19.4 Å². The van der Waals surface area contributed by atoms with Gasteiger partial charge in [-0.1, -0.05) is 23.2 Å². The highest BCUT2D eigenvalue weighted by Crippen LogP contribution is 2.32. The first-order chi connectivity index (χ1) is 8.54. The second-order valence-electron chi connectivity index (χ2n) is 4.15. The third kappa shape index (κ3) is 2.57. The number of rotatable bonds is 4. The summed E-state index contributed by atoms with van der Waals surface area (Å²) in [5.41, 5.74) is 1.89. The molecule has 3 nitrogen and oxygen atoms in total. The highest BCUT2D eigenvalue weighted by atomic mass is 35.5. The maximum absolute atomic E-state index is 6.28. The highest BCUT2D eigenvalue weighted by Gasteiger charge is 2.20. The van der Waals surface area contributed by atoms with Gasteiger partial charge in [-0.15, -0.1) is 11.3 Å². The summed E-state index contributed by atoms with van der Waals surface area (Å²) in [4.78, 5) is 1.13. The molecule has 1 unspecified atom stereocenters. The molecule has 0 saturated heterocycles. The maximum atomic E-state index is 6.28. The largest absolute Gasteiger partial charge is 0.312 e. The van der Waals surface area contributed by atoms with E-state index < -0.39 is 0 Å². The van der Waals surface area contributed by atoms with Crippen molar-refractivity contribution in [2.24, 2.45) is 7.05 Å². The molecule has 6 heteroatoms. The summed E-state index contributed by atoms with van der Waals surface area (Å²) in [6, 6.07) is 2.08. The lowest BCUT2D eigenvalue weighted by Gasteiger charge is -2.15. The maximum Gasteiger partial charge on any atom is 0.0847 e. The molecular formula is C12H15Cl2N3S. The summed E-state index contributed by atoms with van der Waals surface area (Å²) in [6.07, 6.45) is 0.771. The fraction of sp³-hybridized carbons (Fsp3) is 0.417. The molecule has 0 radical (unpaired) electrons. The molecule has 2 aromatic heterocycles. The zero-order chi connectivity index (χ0) is 13.3. The number of nitrogens with one attached hydrogen (secondary N) is 1. The lowest BCUT2D eigenvalue weighted by Crippen LogP contribution is -2.19. The molecule has 2 rings (SSSR count). The van der Waals surface area contributed by atoms with Gasteiger partial charge in [-0.05, 0) is 25.4 Å². The molecule has 0 aliphatic heterocycles. The van der Waals surface area contributed by atoms with E-state index in [0.717, 1.165) is 32.7 Å². The van der Waals surface area contributed by atoms with Crippen LogP contribution in [-0.4, -0.2) is 16.8 Å². The van der Waals surface area contributed by atoms with Gasteiger partial charge in [0.15, 0.2) is 0 Å². The first-order valence-electron chi connectivity index (χ1n) is 5.62. The number of halogens is 2. The van der Waals surface area contributed by atoms with Gasteiger partial charge in [0.1, 0.15) is 0 Å². The van der Waals surface area contributed by atoms with Crippen molar-refractivity contribution < 1.29 is 0 Å². The number of hydrogen-bond donors (Lipinski definition) is 1. The predicted octanol–water partition coefficient (Wildman–Crippen LogP) is 3.60. The zero-order valence-electron chi connectivity index (χ0n) is 10.5. The lowest BCUT2D eigenvalue weighted by molar-refractivity contribution is 0.569. The Hall–Kier alpha value is -0.550. The minimum Gasteiger partial charge on any atom is -0.312 e. The summed E-state index contributed by atoms with van der Waals surface area (Å²) < 4.78 is 1.84. The number of hydrogen-bond acceptors (Lipinski definition) is 3. The van der Waals surface area contributed by atoms with Crippen molar-refractivity contribution in [3.05, 3.63) is 37.8 Å². The normalized spacial score (nSPS) is 12.9. The molecule has 0 aliphatic carbocycles. The number of aromatic nitrogens is 2. The third-order valence-corrected chi connectivity index (χ3v) is 4.93. The van der Waals surface area contributed by atoms with E-state index in [9.17, 15) is 0 Å². The molecule has 18 heavy (non-hydrogen) atoms. The van der Waals surface area contributed by atoms with Gasteiger partial charge in [0, 0.05) is 24.4 Å². The Labute approximate surface area is 121 Å². The third-order valence-electron chi connectivity index (χ3n) is 2.97. The number of aryl methyl sites for hydroxylation is 2. The summed E-state index contributed by atoms with van der Waals surface area (Å²) in [5.74, 6) is 0. The SMILES string of the molecule is CNC(Cc1c(Cl)c(C)nn1C)c1sccc1Cl. The van der Waals surface area contributed by atoms with Crippen LogP contribution < -0.4 is 5.32 Å². The van der Waals surface area contributed by atoms with E-state index in [2.05, 4.69) is 10.4 Å². The first-order valence-corrected chi connectivity index (χ1v) is 7.26. The molecule has 0 aliphatic rings. The van der Waals surface area contributed by atoms with Gasteiger partial charge >= 0.3 is 0 Å². The van der Waals surface area contributed by atoms with Crippen LogP contribution in [-0.2, 0) is 13.5 Å². The average Bonchev–Trinajstić information content (AvgIpc) is 2.84. The Morgan fingerprint density at radius 1 is 1.50 bits per heavy atom. The molecular weight excluding hydrogens is 289 g/mol. The molecule has 2 aromatic rings. The summed E-state index contributed by atoms with van der Waals surface area (Å²) in [7, 11) is 3.84. The smallest absolute Gasteiger partial charge is 0.0847 e. The fourth-order valence-electron chi connectivity index (χ4n) is 1.98. The van der Waals surface area contributed by atoms with Gasteiger partial charge in [0.2, 0.25) is 0 Å². The summed E-state index contributed by atoms with van der Waals surface area (Å²) >= 11 is 14.1. The lowest BCUT2D eigenvalue weighted by atomic mass is 10.1. The van der Waals surface area contributed by atoms with E-state index in [4.69, 9.17) is 23.2 Å². The van der Waals surface area contributed by atoms with Crippen molar-refractivity contribution in [1.29, 1.82) is 0 Å². The van der Waals surface area contributed by atoms with Crippen LogP contribution in [0.2, 0.25) is 10.0 Å². The van der Waals surface area contributed by atoms with E-state index in [0.29, 0.717) is 0 Å². The number of nitrogens with zero attached hydrogens (tertiary/aromatic N) is 2. The second kappa shape index (κ2) is 5.61. The van der Waals surface area contributed by atoms with Crippen molar-refractivity contribution in [3.8, 4) is 0 Å². The quantitative estimate of drug-likeness (QED) is 0.935. The van der Waals surface area contributed by atoms with Crippen LogP contribution in [0.3, 0.4) is 0 Å². The van der Waals surface area contributed by atoms with E-state index >= 15 is 0 Å². The van der Waals surface area contributed by atoms with Crippen LogP contribution in [0.25, 0.3) is 0 Å². The first kappa shape index (κ1) is 13.9. The molecule has 98 valence electrons. The van der Waals surface area contributed by atoms with Crippen molar-refractivity contribution in [1.82, 2.24) is 15.1 Å². The Bertz CT molecular complexity index is 548. The molecule has 0 saturated carbocycles. The number of thiophene rings is 1. The van der Waals surface area contributed by atoms with Gasteiger partial charge < -0.3 is 5.32 Å². The highest BCUT2D eigenvalue weighted by molar-refractivity contribution is 7.10. The van der Waals surface area contributed by atoms with Gasteiger partial charge in [-0.3, -0.25) is 4.68 Å². The molecule has 0 spiro atoms. The van der Waals surface area contributed by atoms with E-state index in [1.165, 1.54) is 0 Å². The molecule has 0 fully saturated rings. The monoisotopic (exact) mass is 303 g/mol. The predicted molar refractivity (Wildman–Crippen MR) is 77.8 cm³/mol. The van der Waals surface area contributed by atoms with Crippen molar-refractivity contribution in [2.75, 3.05) is 7.05 Å². The molecule has 1 N–H and O–H groups in total. The second-order valence-corrected chi connectivity index (χ2v) is 5.88. The fourth-order valence-corrected chi connectivity index (χ4v) is 3.51. The molecule has 2 heterocycles. The standard InChI is InChI=1S/C12H15Cl2N3S/c1-7-11(14)10(17(3)16-7)6-9(15-2)12-8(13)4-5-18-12/h4-5,9,15H,6H2,1-3H3. The van der Waals surface area contributed by atoms with Crippen LogP contribution in [0.5, 0.6) is 0 Å². The zero-order valence-corrected chi connectivity index (χ0v) is 12.8. The van der Waals surface area contributed by atoms with Crippen molar-refractivity contribution in [3.63, 3.8) is 0 Å². The number of likely N-dealkylation sites (N-methyl/N-ethyl adjacent to an activating group) is 1. The van der Waals surface area contributed by atoms with Gasteiger partial charge in [-0.2, -0.15) is 5.10 Å². The molecule has 0 bridgehead atoms. The minimum atomic E-state index is 0.157. The van der Waals surface area contributed by atoms with Crippen LogP contribution in [0.1, 0.15) is 22.3 Å². The van der Waals surface area contributed by atoms with Crippen molar-refractivity contribution >= 4 is 34.5 Å². The van der Waals surface area contributed by atoms with E-state index in [1.54, 1.807) is 11.3 Å². The van der Waals surface area contributed by atoms with Gasteiger partial charge in [0.25, 0.3) is 0 Å². The molecule has 0 aromatic carbocycles. The summed E-state index contributed by atoms with van der Waals surface area (Å²) in [5, 5.41) is 11.2. The Morgan fingerprint density at radius 3 is 2.67 bits per heavy atom. The average molecular weight is 304 g/mol. The molecule has 1 atom stereocenters.